The van der Waals surface area contributed by atoms with Crippen LogP contribution in [-0.2, 0) is 11.3 Å². The first kappa shape index (κ1) is 23.6. The van der Waals surface area contributed by atoms with Crippen molar-refractivity contribution in [3.8, 4) is 11.5 Å². The second kappa shape index (κ2) is 9.73. The van der Waals surface area contributed by atoms with E-state index in [1.54, 1.807) is 24.3 Å². The number of para-hydroxylation sites is 1. The highest BCUT2D eigenvalue weighted by molar-refractivity contribution is 8.18. The predicted octanol–water partition coefficient (Wildman–Crippen LogP) is 5.67. The van der Waals surface area contributed by atoms with E-state index in [2.05, 4.69) is 0 Å². The minimum atomic E-state index is -0.807. The predicted molar refractivity (Wildman–Crippen MR) is 124 cm³/mol. The number of nitro benzene ring substituents is 2. The van der Waals surface area contributed by atoms with Gasteiger partial charge in [0.05, 0.1) is 27.4 Å². The number of thioether (sulfide) groups is 1. The maximum absolute atomic E-state index is 14.0. The van der Waals surface area contributed by atoms with Gasteiger partial charge in [-0.3, -0.25) is 34.7 Å². The van der Waals surface area contributed by atoms with E-state index >= 15 is 0 Å². The molecule has 0 atom stereocenters. The molecule has 1 aliphatic heterocycles. The Bertz CT molecular complexity index is 1410. The van der Waals surface area contributed by atoms with Crippen LogP contribution < -0.4 is 4.74 Å². The normalized spacial score (nSPS) is 14.4. The number of nitro groups is 2. The number of ether oxygens (including phenoxy) is 1. The lowest BCUT2D eigenvalue weighted by molar-refractivity contribution is -0.394. The van der Waals surface area contributed by atoms with Crippen molar-refractivity contribution in [2.24, 2.45) is 0 Å². The monoisotopic (exact) mass is 495 g/mol. The third-order valence-electron chi connectivity index (χ3n) is 4.94. The summed E-state index contributed by atoms with van der Waals surface area (Å²) in [5.41, 5.74) is -0.568. The highest BCUT2D eigenvalue weighted by Gasteiger charge is 2.35. The minimum Gasteiger partial charge on any atom is -0.449 e. The van der Waals surface area contributed by atoms with Gasteiger partial charge >= 0.3 is 5.69 Å². The summed E-state index contributed by atoms with van der Waals surface area (Å²) in [5.74, 6) is -1.29. The van der Waals surface area contributed by atoms with Crippen LogP contribution in [0.25, 0.3) is 6.08 Å². The lowest BCUT2D eigenvalue weighted by atomic mass is 10.1. The summed E-state index contributed by atoms with van der Waals surface area (Å²) in [5, 5.41) is 21.8. The highest BCUT2D eigenvalue weighted by atomic mass is 32.2. The van der Waals surface area contributed by atoms with Crippen LogP contribution in [0.2, 0.25) is 0 Å². The molecule has 35 heavy (non-hydrogen) atoms. The van der Waals surface area contributed by atoms with E-state index in [-0.39, 0.29) is 28.5 Å². The Kier molecular flexibility index (Phi) is 6.55. The van der Waals surface area contributed by atoms with E-state index in [1.165, 1.54) is 30.3 Å². The van der Waals surface area contributed by atoms with Gasteiger partial charge in [-0.25, -0.2) is 4.39 Å². The number of nitrogens with zero attached hydrogens (tertiary/aromatic N) is 3. The molecule has 0 aliphatic carbocycles. The van der Waals surface area contributed by atoms with Gasteiger partial charge in [0.1, 0.15) is 11.6 Å². The van der Waals surface area contributed by atoms with Crippen molar-refractivity contribution in [2.75, 3.05) is 0 Å². The Morgan fingerprint density at radius 1 is 0.943 bits per heavy atom. The Balaban J connectivity index is 1.63. The van der Waals surface area contributed by atoms with Gasteiger partial charge in [0.25, 0.3) is 16.8 Å². The molecular weight excluding hydrogens is 481 g/mol. The molecule has 12 heteroatoms. The lowest BCUT2D eigenvalue weighted by Gasteiger charge is -2.13. The number of imide groups is 1. The van der Waals surface area contributed by atoms with Gasteiger partial charge in [0, 0.05) is 17.2 Å². The third kappa shape index (κ3) is 5.01. The molecule has 1 heterocycles. The van der Waals surface area contributed by atoms with Crippen LogP contribution in [0.3, 0.4) is 0 Å². The van der Waals surface area contributed by atoms with Gasteiger partial charge in [0.15, 0.2) is 0 Å². The van der Waals surface area contributed by atoms with Gasteiger partial charge in [-0.1, -0.05) is 36.4 Å². The number of benzene rings is 3. The van der Waals surface area contributed by atoms with E-state index in [9.17, 15) is 34.2 Å². The molecule has 4 rings (SSSR count). The summed E-state index contributed by atoms with van der Waals surface area (Å²) in [6.07, 6.45) is 1.39. The largest absolute Gasteiger partial charge is 0.449 e. The first-order valence-corrected chi connectivity index (χ1v) is 10.7. The Morgan fingerprint density at radius 3 is 2.37 bits per heavy atom. The van der Waals surface area contributed by atoms with Crippen molar-refractivity contribution in [3.05, 3.63) is 109 Å². The van der Waals surface area contributed by atoms with E-state index in [0.29, 0.717) is 17.3 Å². The number of amides is 2. The van der Waals surface area contributed by atoms with Crippen molar-refractivity contribution in [1.29, 1.82) is 0 Å². The molecule has 3 aromatic rings. The van der Waals surface area contributed by atoms with Crippen molar-refractivity contribution < 1.29 is 28.6 Å². The first-order valence-electron chi connectivity index (χ1n) is 9.93. The van der Waals surface area contributed by atoms with Crippen LogP contribution in [0.1, 0.15) is 11.1 Å². The maximum atomic E-state index is 14.0. The number of non-ortho nitro benzene ring substituents is 1. The SMILES string of the molecule is O=C1S/C(=C\c2ccccc2Oc2ccc([N+](=O)[O-])cc2[N+](=O)[O-])C(=O)N1Cc1ccccc1F. The number of carbonyl (C=O) groups is 2. The van der Waals surface area contributed by atoms with Crippen molar-refractivity contribution >= 4 is 40.4 Å². The van der Waals surface area contributed by atoms with Crippen molar-refractivity contribution in [2.45, 2.75) is 6.54 Å². The smallest absolute Gasteiger partial charge is 0.318 e. The summed E-state index contributed by atoms with van der Waals surface area (Å²) in [6.45, 7) is -0.234. The molecule has 0 spiro atoms. The fourth-order valence-electron chi connectivity index (χ4n) is 3.23. The molecule has 10 nitrogen and oxygen atoms in total. The van der Waals surface area contributed by atoms with Gasteiger partial charge in [0.2, 0.25) is 5.75 Å². The average Bonchev–Trinajstić information content (AvgIpc) is 3.09. The van der Waals surface area contributed by atoms with Crippen LogP contribution in [-0.4, -0.2) is 25.9 Å². The first-order chi connectivity index (χ1) is 16.7. The summed E-state index contributed by atoms with van der Waals surface area (Å²) >= 11 is 0.667. The van der Waals surface area contributed by atoms with Crippen LogP contribution in [0.15, 0.2) is 71.6 Å². The van der Waals surface area contributed by atoms with E-state index < -0.39 is 38.2 Å². The second-order valence-corrected chi connectivity index (χ2v) is 8.16. The standard InChI is InChI=1S/C23H14FN3O7S/c24-17-7-3-1-6-15(17)13-25-22(28)21(35-23(25)29)11-14-5-2-4-8-19(14)34-20-10-9-16(26(30)31)12-18(20)27(32)33/h1-12H,13H2/b21-11-. The quantitative estimate of drug-likeness (QED) is 0.233. The zero-order chi connectivity index (χ0) is 25.1. The molecule has 3 aromatic carbocycles. The molecule has 0 radical (unpaired) electrons. The van der Waals surface area contributed by atoms with Crippen LogP contribution in [0.4, 0.5) is 20.6 Å². The third-order valence-corrected chi connectivity index (χ3v) is 5.84. The van der Waals surface area contributed by atoms with Crippen LogP contribution in [0, 0.1) is 26.0 Å². The molecule has 0 bridgehead atoms. The molecule has 176 valence electrons. The molecule has 0 saturated carbocycles. The summed E-state index contributed by atoms with van der Waals surface area (Å²) in [6, 6.07) is 15.0. The number of halogens is 1. The molecular formula is C23H14FN3O7S. The Hall–Kier alpha value is -4.58. The summed E-state index contributed by atoms with van der Waals surface area (Å²) in [4.78, 5) is 47.1. The number of hydrogen-bond donors (Lipinski definition) is 0. The fraction of sp³-hybridized carbons (Fsp3) is 0.0435. The van der Waals surface area contributed by atoms with E-state index in [1.807, 2.05) is 0 Å². The molecule has 0 unspecified atom stereocenters. The molecule has 1 saturated heterocycles. The lowest BCUT2D eigenvalue weighted by Crippen LogP contribution is -2.27. The van der Waals surface area contributed by atoms with Crippen molar-refractivity contribution in [1.82, 2.24) is 4.90 Å². The highest BCUT2D eigenvalue weighted by Crippen LogP contribution is 2.38. The van der Waals surface area contributed by atoms with Crippen molar-refractivity contribution in [3.63, 3.8) is 0 Å². The fourth-order valence-corrected chi connectivity index (χ4v) is 4.06. The van der Waals surface area contributed by atoms with Gasteiger partial charge in [-0.15, -0.1) is 0 Å². The molecule has 1 aliphatic rings. The summed E-state index contributed by atoms with van der Waals surface area (Å²) in [7, 11) is 0. The zero-order valence-electron chi connectivity index (χ0n) is 17.6. The van der Waals surface area contributed by atoms with E-state index in [0.717, 1.165) is 23.1 Å². The topological polar surface area (TPSA) is 133 Å². The maximum Gasteiger partial charge on any atom is 0.318 e. The Labute approximate surface area is 200 Å². The van der Waals surface area contributed by atoms with Gasteiger partial charge in [-0.05, 0) is 36.0 Å². The Morgan fingerprint density at radius 2 is 1.66 bits per heavy atom. The number of rotatable bonds is 7. The number of carbonyl (C=O) groups excluding carboxylic acids is 2. The average molecular weight is 495 g/mol. The minimum absolute atomic E-state index is 0.0561. The molecule has 1 fully saturated rings. The molecule has 2 amide bonds. The van der Waals surface area contributed by atoms with Crippen LogP contribution in [0.5, 0.6) is 11.5 Å². The van der Waals surface area contributed by atoms with E-state index in [4.69, 9.17) is 4.74 Å². The molecule has 0 N–H and O–H groups in total. The van der Waals surface area contributed by atoms with Crippen LogP contribution >= 0.6 is 11.8 Å². The second-order valence-electron chi connectivity index (χ2n) is 7.17. The zero-order valence-corrected chi connectivity index (χ0v) is 18.4. The van der Waals surface area contributed by atoms with Gasteiger partial charge < -0.3 is 4.74 Å². The van der Waals surface area contributed by atoms with Gasteiger partial charge in [-0.2, -0.15) is 0 Å². The number of hydrogen-bond acceptors (Lipinski definition) is 8. The summed E-state index contributed by atoms with van der Waals surface area (Å²) < 4.78 is 19.7. The molecule has 0 aromatic heterocycles.